The van der Waals surface area contributed by atoms with Gasteiger partial charge in [-0.25, -0.2) is 4.79 Å². The zero-order chi connectivity index (χ0) is 16.8. The third-order valence-corrected chi connectivity index (χ3v) is 3.74. The molecule has 0 saturated heterocycles. The Hall–Kier alpha value is -2.24. The average Bonchev–Trinajstić information content (AvgIpc) is 2.52. The highest BCUT2D eigenvalue weighted by Crippen LogP contribution is 2.19. The number of nitrogens with zero attached hydrogens (tertiary/aromatic N) is 1. The van der Waals surface area contributed by atoms with Crippen LogP contribution < -0.4 is 0 Å². The van der Waals surface area contributed by atoms with Gasteiger partial charge in [0.25, 0.3) is 0 Å². The number of aromatic hydroxyl groups is 1. The van der Waals surface area contributed by atoms with Crippen LogP contribution in [0.15, 0.2) is 48.5 Å². The second-order valence-corrected chi connectivity index (χ2v) is 5.65. The molecule has 2 aromatic carbocycles. The van der Waals surface area contributed by atoms with Crippen molar-refractivity contribution in [3.8, 4) is 5.75 Å². The molecule has 6 heteroatoms. The second kappa shape index (κ2) is 7.85. The SMILES string of the molecule is O=C(O)N(CCc1ccc(O)cc1)C[C@@H](O)c1cccc(Cl)c1. The van der Waals surface area contributed by atoms with Crippen molar-refractivity contribution in [1.82, 2.24) is 4.90 Å². The van der Waals surface area contributed by atoms with Crippen LogP contribution in [0.2, 0.25) is 5.02 Å². The summed E-state index contributed by atoms with van der Waals surface area (Å²) in [6.45, 7) is 0.214. The van der Waals surface area contributed by atoms with Crippen LogP contribution in [0.1, 0.15) is 17.2 Å². The number of amides is 1. The fourth-order valence-electron chi connectivity index (χ4n) is 2.22. The van der Waals surface area contributed by atoms with Crippen molar-refractivity contribution in [3.63, 3.8) is 0 Å². The van der Waals surface area contributed by atoms with Gasteiger partial charge in [0.1, 0.15) is 5.75 Å². The van der Waals surface area contributed by atoms with Crippen LogP contribution in [0.3, 0.4) is 0 Å². The van der Waals surface area contributed by atoms with Crippen molar-refractivity contribution in [2.45, 2.75) is 12.5 Å². The normalized spacial score (nSPS) is 11.9. The van der Waals surface area contributed by atoms with E-state index in [1.165, 1.54) is 4.90 Å². The number of aliphatic hydroxyl groups is 1. The van der Waals surface area contributed by atoms with Gasteiger partial charge in [-0.1, -0.05) is 35.9 Å². The van der Waals surface area contributed by atoms with Gasteiger partial charge < -0.3 is 20.2 Å². The fraction of sp³-hybridized carbons (Fsp3) is 0.235. The van der Waals surface area contributed by atoms with Crippen LogP contribution in [0.4, 0.5) is 4.79 Å². The highest BCUT2D eigenvalue weighted by molar-refractivity contribution is 6.30. The van der Waals surface area contributed by atoms with Gasteiger partial charge >= 0.3 is 6.09 Å². The van der Waals surface area contributed by atoms with Crippen LogP contribution in [0.5, 0.6) is 5.75 Å². The molecule has 0 radical (unpaired) electrons. The summed E-state index contributed by atoms with van der Waals surface area (Å²) < 4.78 is 0. The summed E-state index contributed by atoms with van der Waals surface area (Å²) in [5, 5.41) is 29.2. The Kier molecular flexibility index (Phi) is 5.84. The predicted molar refractivity (Wildman–Crippen MR) is 87.8 cm³/mol. The summed E-state index contributed by atoms with van der Waals surface area (Å²) in [6.07, 6.45) is -1.54. The number of carbonyl (C=O) groups is 1. The first-order valence-electron chi connectivity index (χ1n) is 7.15. The van der Waals surface area contributed by atoms with Crippen molar-refractivity contribution >= 4 is 17.7 Å². The van der Waals surface area contributed by atoms with E-state index >= 15 is 0 Å². The molecule has 0 aliphatic heterocycles. The molecular weight excluding hydrogens is 318 g/mol. The molecule has 23 heavy (non-hydrogen) atoms. The van der Waals surface area contributed by atoms with E-state index in [9.17, 15) is 20.1 Å². The summed E-state index contributed by atoms with van der Waals surface area (Å²) in [7, 11) is 0. The summed E-state index contributed by atoms with van der Waals surface area (Å²) in [5.41, 5.74) is 1.49. The molecule has 2 rings (SSSR count). The minimum atomic E-state index is -1.09. The minimum absolute atomic E-state index is 0.0340. The Morgan fingerprint density at radius 1 is 1.17 bits per heavy atom. The molecule has 0 saturated carbocycles. The van der Waals surface area contributed by atoms with Gasteiger partial charge in [-0.05, 0) is 41.8 Å². The van der Waals surface area contributed by atoms with Crippen molar-refractivity contribution < 1.29 is 20.1 Å². The van der Waals surface area contributed by atoms with Crippen LogP contribution in [0.25, 0.3) is 0 Å². The summed E-state index contributed by atoms with van der Waals surface area (Å²) >= 11 is 5.88. The van der Waals surface area contributed by atoms with E-state index in [4.69, 9.17) is 11.6 Å². The zero-order valence-electron chi connectivity index (χ0n) is 12.4. The first-order chi connectivity index (χ1) is 11.0. The first kappa shape index (κ1) is 17.1. The van der Waals surface area contributed by atoms with Crippen LogP contribution >= 0.6 is 11.6 Å². The lowest BCUT2D eigenvalue weighted by atomic mass is 10.1. The Morgan fingerprint density at radius 3 is 2.48 bits per heavy atom. The number of carboxylic acid groups (broad SMARTS) is 1. The molecule has 0 aliphatic carbocycles. The molecule has 0 unspecified atom stereocenters. The molecule has 122 valence electrons. The highest BCUT2D eigenvalue weighted by atomic mass is 35.5. The van der Waals surface area contributed by atoms with E-state index in [1.807, 2.05) is 0 Å². The molecule has 2 aromatic rings. The number of hydrogen-bond donors (Lipinski definition) is 3. The van der Waals surface area contributed by atoms with Gasteiger partial charge in [-0.15, -0.1) is 0 Å². The molecule has 1 atom stereocenters. The van der Waals surface area contributed by atoms with Gasteiger partial charge in [0.2, 0.25) is 0 Å². The monoisotopic (exact) mass is 335 g/mol. The molecular formula is C17H18ClNO4. The third kappa shape index (κ3) is 5.16. The van der Waals surface area contributed by atoms with Gasteiger partial charge in [-0.2, -0.15) is 0 Å². The van der Waals surface area contributed by atoms with Crippen molar-refractivity contribution in [2.24, 2.45) is 0 Å². The molecule has 0 fully saturated rings. The number of aliphatic hydroxyl groups excluding tert-OH is 1. The second-order valence-electron chi connectivity index (χ2n) is 5.22. The Morgan fingerprint density at radius 2 is 1.87 bits per heavy atom. The summed E-state index contributed by atoms with van der Waals surface area (Å²) in [5.74, 6) is 0.167. The maximum Gasteiger partial charge on any atom is 0.407 e. The van der Waals surface area contributed by atoms with E-state index in [2.05, 4.69) is 0 Å². The summed E-state index contributed by atoms with van der Waals surface area (Å²) in [4.78, 5) is 12.5. The lowest BCUT2D eigenvalue weighted by Crippen LogP contribution is -2.35. The van der Waals surface area contributed by atoms with E-state index in [0.29, 0.717) is 17.0 Å². The quantitative estimate of drug-likeness (QED) is 0.756. The number of phenols is 1. The standard InChI is InChI=1S/C17H18ClNO4/c18-14-3-1-2-13(10-14)16(21)11-19(17(22)23)9-8-12-4-6-15(20)7-5-12/h1-7,10,16,20-21H,8-9,11H2,(H,22,23)/t16-/m1/s1. The highest BCUT2D eigenvalue weighted by Gasteiger charge is 2.18. The molecule has 1 amide bonds. The molecule has 0 spiro atoms. The van der Waals surface area contributed by atoms with E-state index in [-0.39, 0.29) is 18.8 Å². The topological polar surface area (TPSA) is 81.0 Å². The van der Waals surface area contributed by atoms with Crippen LogP contribution in [-0.2, 0) is 6.42 Å². The molecule has 0 aromatic heterocycles. The van der Waals surface area contributed by atoms with Gasteiger partial charge in [0.15, 0.2) is 0 Å². The van der Waals surface area contributed by atoms with Gasteiger partial charge in [-0.3, -0.25) is 0 Å². The number of halogens is 1. The number of rotatable bonds is 6. The lowest BCUT2D eigenvalue weighted by molar-refractivity contribution is 0.0973. The predicted octanol–water partition coefficient (Wildman–Crippen LogP) is 3.30. The van der Waals surface area contributed by atoms with E-state index in [0.717, 1.165) is 5.56 Å². The minimum Gasteiger partial charge on any atom is -0.508 e. The number of hydrogen-bond acceptors (Lipinski definition) is 3. The molecule has 0 bridgehead atoms. The Bertz CT molecular complexity index is 660. The Balaban J connectivity index is 1.98. The first-order valence-corrected chi connectivity index (χ1v) is 7.53. The van der Waals surface area contributed by atoms with Gasteiger partial charge in [0, 0.05) is 11.6 Å². The van der Waals surface area contributed by atoms with Gasteiger partial charge in [0.05, 0.1) is 12.6 Å². The molecule has 0 aliphatic rings. The average molecular weight is 336 g/mol. The van der Waals surface area contributed by atoms with E-state index < -0.39 is 12.2 Å². The molecule has 3 N–H and O–H groups in total. The number of phenolic OH excluding ortho intramolecular Hbond substituents is 1. The molecule has 5 nitrogen and oxygen atoms in total. The maximum absolute atomic E-state index is 11.4. The van der Waals surface area contributed by atoms with Crippen molar-refractivity contribution in [1.29, 1.82) is 0 Å². The molecule has 0 heterocycles. The zero-order valence-corrected chi connectivity index (χ0v) is 13.1. The largest absolute Gasteiger partial charge is 0.508 e. The lowest BCUT2D eigenvalue weighted by Gasteiger charge is -2.22. The summed E-state index contributed by atoms with van der Waals surface area (Å²) in [6, 6.07) is 13.3. The smallest absolute Gasteiger partial charge is 0.407 e. The third-order valence-electron chi connectivity index (χ3n) is 3.50. The van der Waals surface area contributed by atoms with Crippen molar-refractivity contribution in [3.05, 3.63) is 64.7 Å². The maximum atomic E-state index is 11.4. The van der Waals surface area contributed by atoms with Crippen LogP contribution in [-0.4, -0.2) is 39.4 Å². The van der Waals surface area contributed by atoms with Crippen LogP contribution in [0, 0.1) is 0 Å². The van der Waals surface area contributed by atoms with E-state index in [1.54, 1.807) is 48.5 Å². The number of benzene rings is 2. The Labute approximate surface area is 139 Å². The van der Waals surface area contributed by atoms with Crippen molar-refractivity contribution in [2.75, 3.05) is 13.1 Å². The fourth-order valence-corrected chi connectivity index (χ4v) is 2.42.